The van der Waals surface area contributed by atoms with E-state index in [-0.39, 0.29) is 44.4 Å². The number of aromatic nitrogens is 2. The lowest BCUT2D eigenvalue weighted by atomic mass is 9.91. The molecule has 0 radical (unpaired) electrons. The van der Waals surface area contributed by atoms with E-state index >= 15 is 0 Å². The molecular weight excluding hydrogens is 454 g/mol. The van der Waals surface area contributed by atoms with Crippen molar-refractivity contribution in [3.8, 4) is 0 Å². The van der Waals surface area contributed by atoms with Crippen molar-refractivity contribution in [3.63, 3.8) is 0 Å². The zero-order valence-corrected chi connectivity index (χ0v) is 19.8. The van der Waals surface area contributed by atoms with Crippen molar-refractivity contribution in [2.24, 2.45) is 17.8 Å². The first-order valence-electron chi connectivity index (χ1n) is 12.4. The van der Waals surface area contributed by atoms with Crippen LogP contribution >= 0.6 is 0 Å². The molecule has 188 valence electrons. The first kappa shape index (κ1) is 24.1. The molecule has 1 unspecified atom stereocenters. The Kier molecular flexibility index (Phi) is 7.24. The molecule has 2 aromatic rings. The topological polar surface area (TPSA) is 78.8 Å². The number of likely N-dealkylation sites (tertiary alicyclic amines) is 1. The van der Waals surface area contributed by atoms with Crippen LogP contribution in [0.15, 0.2) is 30.6 Å². The number of piperidine rings is 1. The highest BCUT2D eigenvalue weighted by Crippen LogP contribution is 2.48. The Labute approximate surface area is 204 Å². The van der Waals surface area contributed by atoms with Crippen molar-refractivity contribution in [1.29, 1.82) is 0 Å². The van der Waals surface area contributed by atoms with E-state index in [4.69, 9.17) is 9.84 Å². The summed E-state index contributed by atoms with van der Waals surface area (Å²) < 4.78 is 33.3. The maximum Gasteiger partial charge on any atom is 0.227 e. The number of halogens is 2. The standard InChI is InChI=1S/C26H32F2N4O3/c27-22-12-32(13-22)25(34)8-17-1-2-20(24(28)7-17)15-35-16-21-9-23(21)19-3-5-31(6-4-19)26-29-10-18(14-33)11-30-26/h1-2,7,10-11,19,21-23,33H,3-6,8-9,12-16H2/t21-,23?/m0/s1. The third-order valence-electron chi connectivity index (χ3n) is 7.53. The van der Waals surface area contributed by atoms with E-state index in [2.05, 4.69) is 14.9 Å². The van der Waals surface area contributed by atoms with Crippen molar-refractivity contribution >= 4 is 11.9 Å². The summed E-state index contributed by atoms with van der Waals surface area (Å²) >= 11 is 0. The largest absolute Gasteiger partial charge is 0.392 e. The zero-order valence-electron chi connectivity index (χ0n) is 19.8. The van der Waals surface area contributed by atoms with Crippen LogP contribution in [-0.2, 0) is 29.2 Å². The molecule has 2 aliphatic heterocycles. The number of aliphatic hydroxyl groups is 1. The van der Waals surface area contributed by atoms with Crippen LogP contribution < -0.4 is 4.90 Å². The highest BCUT2D eigenvalue weighted by molar-refractivity contribution is 5.79. The summed E-state index contributed by atoms with van der Waals surface area (Å²) in [6.07, 6.45) is 5.87. The number of rotatable bonds is 9. The van der Waals surface area contributed by atoms with Gasteiger partial charge in [0, 0.05) is 36.6 Å². The smallest absolute Gasteiger partial charge is 0.227 e. The molecule has 1 aromatic carbocycles. The quantitative estimate of drug-likeness (QED) is 0.587. The third kappa shape index (κ3) is 5.78. The van der Waals surface area contributed by atoms with Crippen molar-refractivity contribution in [3.05, 3.63) is 53.1 Å². The molecular formula is C26H32F2N4O3. The second-order valence-electron chi connectivity index (χ2n) is 10.0. The summed E-state index contributed by atoms with van der Waals surface area (Å²) in [5.74, 6) is 2.06. The van der Waals surface area contributed by atoms with Gasteiger partial charge in [-0.15, -0.1) is 0 Å². The van der Waals surface area contributed by atoms with Gasteiger partial charge in [-0.25, -0.2) is 18.7 Å². The Morgan fingerprint density at radius 1 is 1.14 bits per heavy atom. The van der Waals surface area contributed by atoms with Gasteiger partial charge in [0.05, 0.1) is 39.3 Å². The molecule has 5 rings (SSSR count). The van der Waals surface area contributed by atoms with E-state index in [0.717, 1.165) is 43.9 Å². The van der Waals surface area contributed by atoms with E-state index in [0.29, 0.717) is 35.5 Å². The minimum atomic E-state index is -0.931. The number of aliphatic hydroxyl groups excluding tert-OH is 1. The van der Waals surface area contributed by atoms with Gasteiger partial charge in [0.1, 0.15) is 12.0 Å². The molecule has 1 amide bonds. The monoisotopic (exact) mass is 486 g/mol. The molecule has 9 heteroatoms. The summed E-state index contributed by atoms with van der Waals surface area (Å²) in [7, 11) is 0. The number of nitrogens with zero attached hydrogens (tertiary/aromatic N) is 4. The number of anilines is 1. The van der Waals surface area contributed by atoms with E-state index in [1.165, 1.54) is 11.0 Å². The van der Waals surface area contributed by atoms with Crippen molar-refractivity contribution < 1.29 is 23.4 Å². The maximum absolute atomic E-state index is 14.5. The molecule has 0 spiro atoms. The van der Waals surface area contributed by atoms with Gasteiger partial charge < -0.3 is 19.6 Å². The molecule has 1 saturated carbocycles. The van der Waals surface area contributed by atoms with Gasteiger partial charge in [-0.3, -0.25) is 4.79 Å². The van der Waals surface area contributed by atoms with Crippen LogP contribution in [0.2, 0.25) is 0 Å². The molecule has 1 N–H and O–H groups in total. The van der Waals surface area contributed by atoms with Crippen LogP contribution in [0.5, 0.6) is 0 Å². The SMILES string of the molecule is O=C(Cc1ccc(COC[C@@H]2CC2C2CCN(c3ncc(CO)cn3)CC2)c(F)c1)N1CC(F)C1. The summed E-state index contributed by atoms with van der Waals surface area (Å²) in [4.78, 5) is 24.4. The molecule has 3 fully saturated rings. The van der Waals surface area contributed by atoms with E-state index < -0.39 is 6.17 Å². The van der Waals surface area contributed by atoms with Gasteiger partial charge in [0.2, 0.25) is 11.9 Å². The van der Waals surface area contributed by atoms with Gasteiger partial charge in [-0.2, -0.15) is 0 Å². The molecule has 2 saturated heterocycles. The summed E-state index contributed by atoms with van der Waals surface area (Å²) in [5, 5.41) is 9.13. The molecule has 3 aliphatic rings. The van der Waals surface area contributed by atoms with Crippen LogP contribution in [0.1, 0.15) is 36.0 Å². The molecule has 0 bridgehead atoms. The third-order valence-corrected chi connectivity index (χ3v) is 7.53. The summed E-state index contributed by atoms with van der Waals surface area (Å²) in [6.45, 7) is 2.95. The Bertz CT molecular complexity index is 1020. The van der Waals surface area contributed by atoms with Crippen LogP contribution in [0, 0.1) is 23.6 Å². The number of carbonyl (C=O) groups is 1. The predicted molar refractivity (Wildman–Crippen MR) is 126 cm³/mol. The van der Waals surface area contributed by atoms with Crippen LogP contribution in [0.25, 0.3) is 0 Å². The van der Waals surface area contributed by atoms with E-state index in [1.807, 2.05) is 0 Å². The molecule has 7 nitrogen and oxygen atoms in total. The number of hydrogen-bond acceptors (Lipinski definition) is 6. The van der Waals surface area contributed by atoms with Crippen molar-refractivity contribution in [1.82, 2.24) is 14.9 Å². The van der Waals surface area contributed by atoms with Gasteiger partial charge in [-0.05, 0) is 48.6 Å². The number of benzene rings is 1. The molecule has 1 aromatic heterocycles. The van der Waals surface area contributed by atoms with Crippen molar-refractivity contribution in [2.75, 3.05) is 37.7 Å². The molecule has 1 aliphatic carbocycles. The highest BCUT2D eigenvalue weighted by Gasteiger charge is 2.43. The van der Waals surface area contributed by atoms with Crippen LogP contribution in [0.3, 0.4) is 0 Å². The average Bonchev–Trinajstić information content (AvgIpc) is 3.63. The number of carbonyl (C=O) groups excluding carboxylic acids is 1. The second kappa shape index (κ2) is 10.5. The lowest BCUT2D eigenvalue weighted by molar-refractivity contribution is -0.137. The number of ether oxygens (including phenoxy) is 1. The Hall–Kier alpha value is -2.65. The van der Waals surface area contributed by atoms with E-state index in [1.54, 1.807) is 24.5 Å². The fourth-order valence-corrected chi connectivity index (χ4v) is 5.21. The number of amides is 1. The van der Waals surface area contributed by atoms with Crippen molar-refractivity contribution in [2.45, 2.75) is 45.1 Å². The Morgan fingerprint density at radius 2 is 1.89 bits per heavy atom. The van der Waals surface area contributed by atoms with Gasteiger partial charge in [0.25, 0.3) is 0 Å². The predicted octanol–water partition coefficient (Wildman–Crippen LogP) is 2.90. The summed E-state index contributed by atoms with van der Waals surface area (Å²) in [6, 6.07) is 4.82. The molecule has 35 heavy (non-hydrogen) atoms. The Balaban J connectivity index is 1.01. The van der Waals surface area contributed by atoms with Crippen LogP contribution in [0.4, 0.5) is 14.7 Å². The van der Waals surface area contributed by atoms with Gasteiger partial charge in [-0.1, -0.05) is 12.1 Å². The molecule has 2 atom stereocenters. The normalized spacial score (nSPS) is 22.8. The zero-order chi connectivity index (χ0) is 24.4. The average molecular weight is 487 g/mol. The fraction of sp³-hybridized carbons (Fsp3) is 0.577. The second-order valence-corrected chi connectivity index (χ2v) is 10.0. The lowest BCUT2D eigenvalue weighted by Gasteiger charge is -2.34. The first-order chi connectivity index (χ1) is 17.0. The van der Waals surface area contributed by atoms with Crippen LogP contribution in [-0.4, -0.2) is 64.8 Å². The maximum atomic E-state index is 14.5. The van der Waals surface area contributed by atoms with Gasteiger partial charge in [0.15, 0.2) is 0 Å². The number of alkyl halides is 1. The summed E-state index contributed by atoms with van der Waals surface area (Å²) in [5.41, 5.74) is 1.81. The Morgan fingerprint density at radius 3 is 2.54 bits per heavy atom. The lowest BCUT2D eigenvalue weighted by Crippen LogP contribution is -2.52. The minimum absolute atomic E-state index is 0.0474. The highest BCUT2D eigenvalue weighted by atomic mass is 19.1. The van der Waals surface area contributed by atoms with E-state index in [9.17, 15) is 13.6 Å². The first-order valence-corrected chi connectivity index (χ1v) is 12.4. The molecule has 3 heterocycles. The van der Waals surface area contributed by atoms with Gasteiger partial charge >= 0.3 is 0 Å². The fourth-order valence-electron chi connectivity index (χ4n) is 5.21. The minimum Gasteiger partial charge on any atom is -0.392 e. The number of hydrogen-bond donors (Lipinski definition) is 1.